The Kier molecular flexibility index (Phi) is 4.85. The molecular weight excluding hydrogens is 176 g/mol. The van der Waals surface area contributed by atoms with E-state index in [4.69, 9.17) is 5.11 Å². The molecule has 1 heterocycles. The first-order chi connectivity index (χ1) is 6.69. The predicted molar refractivity (Wildman–Crippen MR) is 59.4 cm³/mol. The second kappa shape index (κ2) is 5.69. The van der Waals surface area contributed by atoms with E-state index in [1.807, 2.05) is 0 Å². The van der Waals surface area contributed by atoms with E-state index in [1.165, 1.54) is 13.0 Å². The molecule has 0 aromatic rings. The van der Waals surface area contributed by atoms with Crippen molar-refractivity contribution in [2.24, 2.45) is 0 Å². The minimum atomic E-state index is 0.313. The van der Waals surface area contributed by atoms with Crippen LogP contribution in [0.4, 0.5) is 0 Å². The van der Waals surface area contributed by atoms with Gasteiger partial charge in [-0.05, 0) is 33.4 Å². The number of piperazine rings is 1. The molecule has 1 rings (SSSR count). The molecule has 1 saturated heterocycles. The molecule has 2 atom stereocenters. The van der Waals surface area contributed by atoms with Gasteiger partial charge < -0.3 is 10.0 Å². The fourth-order valence-corrected chi connectivity index (χ4v) is 2.24. The summed E-state index contributed by atoms with van der Waals surface area (Å²) in [4.78, 5) is 4.92. The number of likely N-dealkylation sites (N-methyl/N-ethyl adjacent to an activating group) is 1. The van der Waals surface area contributed by atoms with Gasteiger partial charge in [-0.2, -0.15) is 0 Å². The minimum Gasteiger partial charge on any atom is -0.396 e. The average Bonchev–Trinajstić information content (AvgIpc) is 2.14. The zero-order valence-corrected chi connectivity index (χ0v) is 9.74. The normalized spacial score (nSPS) is 30.9. The van der Waals surface area contributed by atoms with Crippen LogP contribution in [0.1, 0.15) is 26.7 Å². The Bertz CT molecular complexity index is 145. The summed E-state index contributed by atoms with van der Waals surface area (Å²) in [6, 6.07) is 1.21. The van der Waals surface area contributed by atoms with Crippen molar-refractivity contribution < 1.29 is 5.11 Å². The van der Waals surface area contributed by atoms with E-state index < -0.39 is 0 Å². The highest BCUT2D eigenvalue weighted by molar-refractivity contribution is 4.84. The molecule has 0 aromatic carbocycles. The van der Waals surface area contributed by atoms with Crippen LogP contribution < -0.4 is 0 Å². The van der Waals surface area contributed by atoms with Gasteiger partial charge in [-0.3, -0.25) is 4.90 Å². The lowest BCUT2D eigenvalue weighted by atomic mass is 10.1. The second-order valence-corrected chi connectivity index (χ2v) is 4.45. The third-order valence-electron chi connectivity index (χ3n) is 3.24. The van der Waals surface area contributed by atoms with E-state index in [1.54, 1.807) is 0 Å². The summed E-state index contributed by atoms with van der Waals surface area (Å²) in [5.41, 5.74) is 0. The van der Waals surface area contributed by atoms with Crippen LogP contribution in [-0.4, -0.2) is 60.3 Å². The highest BCUT2D eigenvalue weighted by atomic mass is 16.3. The molecule has 3 nitrogen and oxygen atoms in total. The number of rotatable bonds is 4. The molecule has 0 amide bonds. The molecule has 84 valence electrons. The van der Waals surface area contributed by atoms with E-state index in [0.29, 0.717) is 18.7 Å². The van der Waals surface area contributed by atoms with Crippen molar-refractivity contribution in [1.29, 1.82) is 0 Å². The Balaban J connectivity index is 2.50. The maximum absolute atomic E-state index is 9.01. The molecule has 0 bridgehead atoms. The molecule has 1 N–H and O–H groups in total. The zero-order chi connectivity index (χ0) is 10.6. The lowest BCUT2D eigenvalue weighted by molar-refractivity contribution is 0.0393. The zero-order valence-electron chi connectivity index (χ0n) is 9.74. The number of hydrogen-bond donors (Lipinski definition) is 1. The van der Waals surface area contributed by atoms with Gasteiger partial charge in [0.2, 0.25) is 0 Å². The molecular formula is C11H24N2O. The predicted octanol–water partition coefficient (Wildman–Crippen LogP) is 0.783. The number of aliphatic hydroxyl groups is 1. The van der Waals surface area contributed by atoms with Crippen molar-refractivity contribution in [3.8, 4) is 0 Å². The van der Waals surface area contributed by atoms with Crippen LogP contribution in [0.5, 0.6) is 0 Å². The van der Waals surface area contributed by atoms with Crippen molar-refractivity contribution in [1.82, 2.24) is 9.80 Å². The molecule has 3 heteroatoms. The van der Waals surface area contributed by atoms with E-state index >= 15 is 0 Å². The van der Waals surface area contributed by atoms with Crippen LogP contribution in [0, 0.1) is 0 Å². The molecule has 14 heavy (non-hydrogen) atoms. The maximum atomic E-state index is 9.01. The van der Waals surface area contributed by atoms with Crippen molar-refractivity contribution in [3.63, 3.8) is 0 Å². The van der Waals surface area contributed by atoms with Crippen LogP contribution in [0.15, 0.2) is 0 Å². The maximum Gasteiger partial charge on any atom is 0.0446 e. The molecule has 0 spiro atoms. The molecule has 1 fully saturated rings. The van der Waals surface area contributed by atoms with Gasteiger partial charge in [0.25, 0.3) is 0 Å². The van der Waals surface area contributed by atoms with Gasteiger partial charge in [-0.25, -0.2) is 0 Å². The van der Waals surface area contributed by atoms with Crippen molar-refractivity contribution in [3.05, 3.63) is 0 Å². The number of hydrogen-bond acceptors (Lipinski definition) is 3. The fraction of sp³-hybridized carbons (Fsp3) is 1.00. The van der Waals surface area contributed by atoms with Crippen molar-refractivity contribution in [2.45, 2.75) is 38.8 Å². The van der Waals surface area contributed by atoms with Gasteiger partial charge >= 0.3 is 0 Å². The standard InChI is InChI=1S/C11H24N2O/c1-4-6-13-8-10(2)12(3)9-11(13)5-7-14/h10-11,14H,4-9H2,1-3H3. The van der Waals surface area contributed by atoms with Gasteiger partial charge in [0.1, 0.15) is 0 Å². The summed E-state index contributed by atoms with van der Waals surface area (Å²) in [5, 5.41) is 9.01. The average molecular weight is 200 g/mol. The SMILES string of the molecule is CCCN1CC(C)N(C)CC1CCO. The molecule has 2 unspecified atom stereocenters. The van der Waals surface area contributed by atoms with Gasteiger partial charge in [0, 0.05) is 31.8 Å². The van der Waals surface area contributed by atoms with Gasteiger partial charge in [0.15, 0.2) is 0 Å². The van der Waals surface area contributed by atoms with E-state index in [9.17, 15) is 0 Å². The Morgan fingerprint density at radius 1 is 1.36 bits per heavy atom. The van der Waals surface area contributed by atoms with E-state index in [0.717, 1.165) is 19.5 Å². The molecule has 0 radical (unpaired) electrons. The van der Waals surface area contributed by atoms with Crippen molar-refractivity contribution >= 4 is 0 Å². The molecule has 0 saturated carbocycles. The molecule has 1 aliphatic heterocycles. The van der Waals surface area contributed by atoms with E-state index in [-0.39, 0.29) is 0 Å². The Morgan fingerprint density at radius 3 is 2.64 bits per heavy atom. The summed E-state index contributed by atoms with van der Waals surface area (Å²) in [6.07, 6.45) is 2.12. The lowest BCUT2D eigenvalue weighted by Crippen LogP contribution is -2.56. The first-order valence-electron chi connectivity index (χ1n) is 5.74. The minimum absolute atomic E-state index is 0.313. The molecule has 0 aromatic heterocycles. The van der Waals surface area contributed by atoms with Gasteiger partial charge in [-0.15, -0.1) is 0 Å². The highest BCUT2D eigenvalue weighted by Gasteiger charge is 2.28. The molecule has 1 aliphatic rings. The van der Waals surface area contributed by atoms with Gasteiger partial charge in [0.05, 0.1) is 0 Å². The summed E-state index contributed by atoms with van der Waals surface area (Å²) in [7, 11) is 2.18. The largest absolute Gasteiger partial charge is 0.396 e. The van der Waals surface area contributed by atoms with Crippen LogP contribution in [0.3, 0.4) is 0 Å². The Labute approximate surface area is 87.7 Å². The molecule has 0 aliphatic carbocycles. The number of aliphatic hydroxyl groups excluding tert-OH is 1. The van der Waals surface area contributed by atoms with Crippen molar-refractivity contribution in [2.75, 3.05) is 33.3 Å². The topological polar surface area (TPSA) is 26.7 Å². The second-order valence-electron chi connectivity index (χ2n) is 4.45. The smallest absolute Gasteiger partial charge is 0.0446 e. The number of nitrogens with zero attached hydrogens (tertiary/aromatic N) is 2. The van der Waals surface area contributed by atoms with Gasteiger partial charge in [-0.1, -0.05) is 6.92 Å². The Hall–Kier alpha value is -0.120. The fourth-order valence-electron chi connectivity index (χ4n) is 2.24. The van der Waals surface area contributed by atoms with Crippen LogP contribution in [-0.2, 0) is 0 Å². The van der Waals surface area contributed by atoms with E-state index in [2.05, 4.69) is 30.7 Å². The first kappa shape index (κ1) is 12.0. The highest BCUT2D eigenvalue weighted by Crippen LogP contribution is 2.16. The summed E-state index contributed by atoms with van der Waals surface area (Å²) < 4.78 is 0. The summed E-state index contributed by atoms with van der Waals surface area (Å²) in [5.74, 6) is 0. The third-order valence-corrected chi connectivity index (χ3v) is 3.24. The first-order valence-corrected chi connectivity index (χ1v) is 5.74. The summed E-state index contributed by atoms with van der Waals surface area (Å²) >= 11 is 0. The summed E-state index contributed by atoms with van der Waals surface area (Å²) in [6.45, 7) is 8.23. The van der Waals surface area contributed by atoms with Crippen LogP contribution in [0.2, 0.25) is 0 Å². The third kappa shape index (κ3) is 2.94. The van der Waals surface area contributed by atoms with Crippen LogP contribution in [0.25, 0.3) is 0 Å². The monoisotopic (exact) mass is 200 g/mol. The van der Waals surface area contributed by atoms with Crippen LogP contribution >= 0.6 is 0 Å². The Morgan fingerprint density at radius 2 is 2.07 bits per heavy atom. The quantitative estimate of drug-likeness (QED) is 0.726. The lowest BCUT2D eigenvalue weighted by Gasteiger charge is -2.43.